The lowest BCUT2D eigenvalue weighted by Crippen LogP contribution is -2.32. The lowest BCUT2D eigenvalue weighted by molar-refractivity contribution is -0.124. The number of benzene rings is 2. The Labute approximate surface area is 166 Å². The number of para-hydroxylation sites is 1. The van der Waals surface area contributed by atoms with Crippen molar-refractivity contribution < 1.29 is 4.79 Å². The molecule has 0 saturated heterocycles. The summed E-state index contributed by atoms with van der Waals surface area (Å²) in [6.07, 6.45) is 2.17. The monoisotopic (exact) mass is 394 g/mol. The first-order valence-corrected chi connectivity index (χ1v) is 9.46. The molecule has 0 bridgehead atoms. The van der Waals surface area contributed by atoms with Gasteiger partial charge in [0.25, 0.3) is 5.56 Å². The third-order valence-electron chi connectivity index (χ3n) is 4.88. The Hall–Kier alpha value is -3.12. The van der Waals surface area contributed by atoms with Crippen molar-refractivity contribution in [3.8, 4) is 0 Å². The minimum Gasteiger partial charge on any atom is -0.350 e. The molecule has 0 fully saturated rings. The molecule has 0 aliphatic heterocycles. The molecule has 0 spiro atoms. The molecule has 0 radical (unpaired) electrons. The molecule has 142 valence electrons. The standard InChI is InChI=1S/C21H19ClN4O2/c1-2-17(20(27)23-11-13-6-5-7-14(22)10-13)26-18-9-4-3-8-15(18)16-12-24-25-21(28)19(16)26/h3-10,12,17H,2,11H2,1H3,(H,23,27)(H,25,28)/t17-/m1/s1. The SMILES string of the molecule is CC[C@H](C(=O)NCc1cccc(Cl)c1)n1c2ccccc2c2cn[nH]c(=O)c21. The quantitative estimate of drug-likeness (QED) is 0.540. The normalized spacial score (nSPS) is 12.4. The van der Waals surface area contributed by atoms with Crippen LogP contribution >= 0.6 is 11.6 Å². The molecular formula is C21H19ClN4O2. The molecule has 6 nitrogen and oxygen atoms in total. The Morgan fingerprint density at radius 2 is 2.04 bits per heavy atom. The number of amides is 1. The van der Waals surface area contributed by atoms with Gasteiger partial charge in [0.05, 0.1) is 11.7 Å². The molecule has 7 heteroatoms. The van der Waals surface area contributed by atoms with Gasteiger partial charge in [0.15, 0.2) is 0 Å². The first kappa shape index (κ1) is 18.3. The summed E-state index contributed by atoms with van der Waals surface area (Å²) in [4.78, 5) is 25.6. The van der Waals surface area contributed by atoms with Crippen LogP contribution < -0.4 is 10.9 Å². The van der Waals surface area contributed by atoms with Crippen LogP contribution in [0, 0.1) is 0 Å². The zero-order valence-electron chi connectivity index (χ0n) is 15.3. The highest BCUT2D eigenvalue weighted by Gasteiger charge is 2.24. The Bertz CT molecular complexity index is 1230. The highest BCUT2D eigenvalue weighted by molar-refractivity contribution is 6.30. The molecule has 0 saturated carbocycles. The number of halogens is 1. The summed E-state index contributed by atoms with van der Waals surface area (Å²) in [5, 5.41) is 11.6. The fourth-order valence-corrected chi connectivity index (χ4v) is 3.84. The van der Waals surface area contributed by atoms with Crippen LogP contribution in [0.15, 0.2) is 59.5 Å². The van der Waals surface area contributed by atoms with E-state index in [-0.39, 0.29) is 11.5 Å². The van der Waals surface area contributed by atoms with Crippen molar-refractivity contribution in [1.82, 2.24) is 20.1 Å². The molecule has 0 aliphatic rings. The summed E-state index contributed by atoms with van der Waals surface area (Å²) in [5.41, 5.74) is 1.90. The molecule has 4 rings (SSSR count). The number of fused-ring (bicyclic) bond motifs is 3. The first-order chi connectivity index (χ1) is 13.6. The van der Waals surface area contributed by atoms with E-state index in [1.807, 2.05) is 54.0 Å². The summed E-state index contributed by atoms with van der Waals surface area (Å²) in [5.74, 6) is -0.152. The van der Waals surface area contributed by atoms with E-state index >= 15 is 0 Å². The van der Waals surface area contributed by atoms with Gasteiger partial charge in [-0.1, -0.05) is 48.9 Å². The molecule has 2 aromatic carbocycles. The van der Waals surface area contributed by atoms with Crippen molar-refractivity contribution >= 4 is 39.3 Å². The molecule has 4 aromatic rings. The van der Waals surface area contributed by atoms with Gasteiger partial charge in [0.2, 0.25) is 5.91 Å². The lowest BCUT2D eigenvalue weighted by Gasteiger charge is -2.19. The number of nitrogens with one attached hydrogen (secondary N) is 2. The summed E-state index contributed by atoms with van der Waals surface area (Å²) in [7, 11) is 0. The maximum absolute atomic E-state index is 13.0. The van der Waals surface area contributed by atoms with Crippen LogP contribution in [0.25, 0.3) is 21.8 Å². The van der Waals surface area contributed by atoms with Crippen LogP contribution in [0.5, 0.6) is 0 Å². The van der Waals surface area contributed by atoms with E-state index in [2.05, 4.69) is 15.5 Å². The Kier molecular flexibility index (Phi) is 4.88. The molecule has 2 heterocycles. The van der Waals surface area contributed by atoms with Gasteiger partial charge in [-0.15, -0.1) is 0 Å². The van der Waals surface area contributed by atoms with E-state index < -0.39 is 6.04 Å². The highest BCUT2D eigenvalue weighted by atomic mass is 35.5. The maximum Gasteiger partial charge on any atom is 0.288 e. The van der Waals surface area contributed by atoms with E-state index in [4.69, 9.17) is 11.6 Å². The Balaban J connectivity index is 1.76. The van der Waals surface area contributed by atoms with Crippen molar-refractivity contribution in [1.29, 1.82) is 0 Å². The van der Waals surface area contributed by atoms with Crippen LogP contribution in [0.3, 0.4) is 0 Å². The zero-order chi connectivity index (χ0) is 19.7. The van der Waals surface area contributed by atoms with Gasteiger partial charge in [0, 0.05) is 22.3 Å². The highest BCUT2D eigenvalue weighted by Crippen LogP contribution is 2.30. The fourth-order valence-electron chi connectivity index (χ4n) is 3.62. The van der Waals surface area contributed by atoms with E-state index in [1.54, 1.807) is 12.3 Å². The molecule has 1 atom stereocenters. The van der Waals surface area contributed by atoms with Gasteiger partial charge >= 0.3 is 0 Å². The van der Waals surface area contributed by atoms with E-state index in [0.29, 0.717) is 23.5 Å². The molecular weight excluding hydrogens is 376 g/mol. The van der Waals surface area contributed by atoms with Gasteiger partial charge in [-0.05, 0) is 30.2 Å². The number of H-pyrrole nitrogens is 1. The van der Waals surface area contributed by atoms with Crippen LogP contribution in [-0.4, -0.2) is 20.7 Å². The van der Waals surface area contributed by atoms with Crippen LogP contribution in [-0.2, 0) is 11.3 Å². The van der Waals surface area contributed by atoms with Crippen LogP contribution in [0.1, 0.15) is 24.9 Å². The van der Waals surface area contributed by atoms with Gasteiger partial charge in [-0.2, -0.15) is 5.10 Å². The third kappa shape index (κ3) is 3.16. The predicted molar refractivity (Wildman–Crippen MR) is 110 cm³/mol. The van der Waals surface area contributed by atoms with Crippen molar-refractivity contribution in [2.45, 2.75) is 25.9 Å². The van der Waals surface area contributed by atoms with E-state index in [9.17, 15) is 9.59 Å². The van der Waals surface area contributed by atoms with E-state index in [0.717, 1.165) is 21.9 Å². The second-order valence-corrected chi connectivity index (χ2v) is 7.06. The predicted octanol–water partition coefficient (Wildman–Crippen LogP) is 3.80. The number of rotatable bonds is 5. The summed E-state index contributed by atoms with van der Waals surface area (Å²) < 4.78 is 1.82. The van der Waals surface area contributed by atoms with E-state index in [1.165, 1.54) is 0 Å². The van der Waals surface area contributed by atoms with Gasteiger partial charge < -0.3 is 9.88 Å². The summed E-state index contributed by atoms with van der Waals surface area (Å²) in [6.45, 7) is 2.30. The number of carbonyl (C=O) groups is 1. The topological polar surface area (TPSA) is 79.8 Å². The Morgan fingerprint density at radius 3 is 2.82 bits per heavy atom. The first-order valence-electron chi connectivity index (χ1n) is 9.08. The van der Waals surface area contributed by atoms with Gasteiger partial charge in [-0.3, -0.25) is 9.59 Å². The fraction of sp³-hybridized carbons (Fsp3) is 0.190. The third-order valence-corrected chi connectivity index (χ3v) is 5.12. The number of aromatic nitrogens is 3. The number of hydrogen-bond donors (Lipinski definition) is 2. The molecule has 28 heavy (non-hydrogen) atoms. The number of hydrogen-bond acceptors (Lipinski definition) is 3. The molecule has 1 amide bonds. The van der Waals surface area contributed by atoms with Gasteiger partial charge in [0.1, 0.15) is 11.6 Å². The summed E-state index contributed by atoms with van der Waals surface area (Å²) in [6, 6.07) is 14.5. The zero-order valence-corrected chi connectivity index (χ0v) is 16.0. The molecule has 2 N–H and O–H groups in total. The van der Waals surface area contributed by atoms with Gasteiger partial charge in [-0.25, -0.2) is 5.10 Å². The number of nitrogens with zero attached hydrogens (tertiary/aromatic N) is 2. The minimum atomic E-state index is -0.523. The molecule has 2 aromatic heterocycles. The van der Waals surface area contributed by atoms with Crippen molar-refractivity contribution in [3.05, 3.63) is 75.7 Å². The van der Waals surface area contributed by atoms with Crippen LogP contribution in [0.4, 0.5) is 0 Å². The average Bonchev–Trinajstić information content (AvgIpc) is 3.03. The second-order valence-electron chi connectivity index (χ2n) is 6.62. The number of carbonyl (C=O) groups excluding carboxylic acids is 1. The van der Waals surface area contributed by atoms with Crippen molar-refractivity contribution in [2.24, 2.45) is 0 Å². The second kappa shape index (κ2) is 7.48. The largest absolute Gasteiger partial charge is 0.350 e. The van der Waals surface area contributed by atoms with Crippen molar-refractivity contribution in [3.63, 3.8) is 0 Å². The lowest BCUT2D eigenvalue weighted by atomic mass is 10.1. The Morgan fingerprint density at radius 1 is 1.21 bits per heavy atom. The molecule has 0 aliphatic carbocycles. The summed E-state index contributed by atoms with van der Waals surface area (Å²) >= 11 is 6.02. The average molecular weight is 395 g/mol. The smallest absolute Gasteiger partial charge is 0.288 e. The number of aromatic amines is 1. The maximum atomic E-state index is 13.0. The molecule has 0 unspecified atom stereocenters. The van der Waals surface area contributed by atoms with Crippen molar-refractivity contribution in [2.75, 3.05) is 0 Å². The minimum absolute atomic E-state index is 0.152. The van der Waals surface area contributed by atoms with Crippen LogP contribution in [0.2, 0.25) is 5.02 Å².